The zero-order chi connectivity index (χ0) is 24.6. The Morgan fingerprint density at radius 3 is 2.57 bits per heavy atom. The number of aliphatic hydroxyl groups excluding tert-OH is 2. The predicted molar refractivity (Wildman–Crippen MR) is 138 cm³/mol. The van der Waals surface area contributed by atoms with E-state index < -0.39 is 0 Å². The van der Waals surface area contributed by atoms with Gasteiger partial charge in [-0.2, -0.15) is 0 Å². The molecule has 7 bridgehead atoms. The molecular formula is C31H51NO3. The molecule has 4 heterocycles. The average Bonchev–Trinajstić information content (AvgIpc) is 3.42. The summed E-state index contributed by atoms with van der Waals surface area (Å²) in [5.41, 5.74) is 0.610. The highest BCUT2D eigenvalue weighted by atomic mass is 16.5. The van der Waals surface area contributed by atoms with Crippen LogP contribution >= 0.6 is 0 Å². The smallest absolute Gasteiger partial charge is 0.111 e. The molecule has 0 amide bonds. The van der Waals surface area contributed by atoms with E-state index in [1.54, 1.807) is 0 Å². The first-order chi connectivity index (χ1) is 16.5. The molecule has 35 heavy (non-hydrogen) atoms. The van der Waals surface area contributed by atoms with Crippen LogP contribution in [0.15, 0.2) is 0 Å². The SMILES string of the molecule is CC(C)[C@H]1CC[C@@]2(C)C3CC[C@]45CCC[C@H]4[C@@]2(CCC(O)C2(C)COC4(C)CCC2C4)[C@@H]1N5C3O. The molecule has 4 nitrogen and oxygen atoms in total. The Balaban J connectivity index is 1.27. The molecule has 0 aromatic rings. The summed E-state index contributed by atoms with van der Waals surface area (Å²) in [5, 5.41) is 23.8. The summed E-state index contributed by atoms with van der Waals surface area (Å²) in [6.07, 6.45) is 14.0. The van der Waals surface area contributed by atoms with E-state index in [0.29, 0.717) is 35.6 Å². The third-order valence-corrected chi connectivity index (χ3v) is 14.3. The second kappa shape index (κ2) is 7.27. The number of piperidine rings is 2. The zero-order valence-corrected chi connectivity index (χ0v) is 23.1. The molecule has 7 rings (SSSR count). The van der Waals surface area contributed by atoms with E-state index in [0.717, 1.165) is 32.3 Å². The Kier molecular flexibility index (Phi) is 4.97. The number of hydrogen-bond donors (Lipinski definition) is 2. The van der Waals surface area contributed by atoms with E-state index in [2.05, 4.69) is 39.5 Å². The predicted octanol–water partition coefficient (Wildman–Crippen LogP) is 5.75. The molecule has 3 saturated carbocycles. The van der Waals surface area contributed by atoms with Crippen molar-refractivity contribution < 1.29 is 14.9 Å². The molecule has 2 N–H and O–H groups in total. The topological polar surface area (TPSA) is 52.9 Å². The molecule has 3 aliphatic carbocycles. The van der Waals surface area contributed by atoms with Gasteiger partial charge in [-0.1, -0.05) is 34.1 Å². The van der Waals surface area contributed by atoms with Gasteiger partial charge >= 0.3 is 0 Å². The first kappa shape index (κ1) is 23.9. The lowest BCUT2D eigenvalue weighted by Gasteiger charge is -2.68. The standard InChI is InChI=1S/C31H51NO3/c1-19(2)21-9-14-29(5)22-10-15-30-12-6-7-23(30)31(29,25(21)32(30)26(22)34)16-11-24(33)28(4)18-35-27(3)13-8-20(28)17-27/h19-26,33-34H,6-18H2,1-5H3/t20?,21-,22?,23-,24?,25-,26?,27?,28?,29+,30-,31+/m1/s1. The minimum absolute atomic E-state index is 0.0540. The first-order valence-corrected chi connectivity index (χ1v) is 15.3. The van der Waals surface area contributed by atoms with Gasteiger partial charge in [-0.05, 0) is 112 Å². The van der Waals surface area contributed by atoms with Crippen molar-refractivity contribution in [2.24, 2.45) is 45.8 Å². The number of fused-ring (bicyclic) bond motifs is 4. The van der Waals surface area contributed by atoms with Gasteiger partial charge in [0.25, 0.3) is 0 Å². The van der Waals surface area contributed by atoms with E-state index in [4.69, 9.17) is 4.74 Å². The molecule has 7 unspecified atom stereocenters. The number of rotatable bonds is 5. The lowest BCUT2D eigenvalue weighted by atomic mass is 9.42. The number of nitrogens with zero attached hydrogens (tertiary/aromatic N) is 1. The average molecular weight is 486 g/mol. The summed E-state index contributed by atoms with van der Waals surface area (Å²) >= 11 is 0. The van der Waals surface area contributed by atoms with Crippen LogP contribution in [0.25, 0.3) is 0 Å². The molecule has 7 aliphatic rings. The maximum absolute atomic E-state index is 11.9. The van der Waals surface area contributed by atoms with Crippen molar-refractivity contribution in [1.29, 1.82) is 0 Å². The Labute approximate surface area is 213 Å². The third-order valence-electron chi connectivity index (χ3n) is 14.3. The van der Waals surface area contributed by atoms with Gasteiger partial charge in [0.1, 0.15) is 6.23 Å². The van der Waals surface area contributed by atoms with Gasteiger partial charge in [0.05, 0.1) is 18.3 Å². The van der Waals surface area contributed by atoms with Crippen molar-refractivity contribution in [3.63, 3.8) is 0 Å². The summed E-state index contributed by atoms with van der Waals surface area (Å²) in [4.78, 5) is 2.75. The second-order valence-corrected chi connectivity index (χ2v) is 15.6. The fraction of sp³-hybridized carbons (Fsp3) is 1.00. The van der Waals surface area contributed by atoms with Crippen LogP contribution in [-0.2, 0) is 4.74 Å². The third kappa shape index (κ3) is 2.65. The minimum atomic E-state index is -0.290. The Bertz CT molecular complexity index is 892. The second-order valence-electron chi connectivity index (χ2n) is 15.6. The van der Waals surface area contributed by atoms with Crippen molar-refractivity contribution in [2.45, 2.75) is 141 Å². The summed E-state index contributed by atoms with van der Waals surface area (Å²) < 4.78 is 6.41. The highest BCUT2D eigenvalue weighted by Crippen LogP contribution is 2.80. The first-order valence-electron chi connectivity index (χ1n) is 15.3. The van der Waals surface area contributed by atoms with Crippen molar-refractivity contribution in [3.8, 4) is 0 Å². The molecular weight excluding hydrogens is 434 g/mol. The van der Waals surface area contributed by atoms with Gasteiger partial charge in [-0.15, -0.1) is 0 Å². The molecule has 4 saturated heterocycles. The summed E-state index contributed by atoms with van der Waals surface area (Å²) in [6, 6.07) is 0.496. The number of aliphatic hydroxyl groups is 2. The van der Waals surface area contributed by atoms with E-state index in [-0.39, 0.29) is 39.7 Å². The van der Waals surface area contributed by atoms with Gasteiger partial charge in [-0.3, -0.25) is 4.90 Å². The van der Waals surface area contributed by atoms with Gasteiger partial charge in [0.2, 0.25) is 0 Å². The van der Waals surface area contributed by atoms with Crippen LogP contribution in [0, 0.1) is 45.8 Å². The molecule has 13 atom stereocenters. The van der Waals surface area contributed by atoms with E-state index >= 15 is 0 Å². The van der Waals surface area contributed by atoms with Gasteiger partial charge in [0, 0.05) is 22.9 Å². The summed E-state index contributed by atoms with van der Waals surface area (Å²) in [6.45, 7) is 12.8. The normalized spacial score (nSPS) is 60.9. The largest absolute Gasteiger partial charge is 0.392 e. The van der Waals surface area contributed by atoms with E-state index in [1.165, 1.54) is 51.4 Å². The Morgan fingerprint density at radius 1 is 1.00 bits per heavy atom. The van der Waals surface area contributed by atoms with Crippen molar-refractivity contribution in [3.05, 3.63) is 0 Å². The molecule has 4 heteroatoms. The zero-order valence-electron chi connectivity index (χ0n) is 23.1. The van der Waals surface area contributed by atoms with Crippen LogP contribution in [0.4, 0.5) is 0 Å². The molecule has 4 aliphatic heterocycles. The molecule has 1 spiro atoms. The van der Waals surface area contributed by atoms with Gasteiger partial charge in [0.15, 0.2) is 0 Å². The number of ether oxygens (including phenoxy) is 1. The van der Waals surface area contributed by atoms with Crippen LogP contribution in [0.2, 0.25) is 0 Å². The fourth-order valence-corrected chi connectivity index (χ4v) is 12.5. The monoisotopic (exact) mass is 485 g/mol. The highest BCUT2D eigenvalue weighted by molar-refractivity contribution is 5.32. The lowest BCUT2D eigenvalue weighted by molar-refractivity contribution is -0.259. The van der Waals surface area contributed by atoms with Crippen molar-refractivity contribution >= 4 is 0 Å². The Morgan fingerprint density at radius 2 is 1.80 bits per heavy atom. The number of hydrogen-bond acceptors (Lipinski definition) is 4. The summed E-state index contributed by atoms with van der Waals surface area (Å²) in [7, 11) is 0. The van der Waals surface area contributed by atoms with Crippen molar-refractivity contribution in [1.82, 2.24) is 4.90 Å². The van der Waals surface area contributed by atoms with Gasteiger partial charge < -0.3 is 14.9 Å². The fourth-order valence-electron chi connectivity index (χ4n) is 12.5. The van der Waals surface area contributed by atoms with Crippen LogP contribution in [0.1, 0.15) is 112 Å². The maximum Gasteiger partial charge on any atom is 0.111 e. The minimum Gasteiger partial charge on any atom is -0.392 e. The molecule has 0 aromatic carbocycles. The highest BCUT2D eigenvalue weighted by Gasteiger charge is 2.81. The maximum atomic E-state index is 11.9. The lowest BCUT2D eigenvalue weighted by Crippen LogP contribution is -2.72. The van der Waals surface area contributed by atoms with E-state index in [1.807, 2.05) is 0 Å². The van der Waals surface area contributed by atoms with Crippen molar-refractivity contribution in [2.75, 3.05) is 6.61 Å². The molecule has 0 radical (unpaired) electrons. The molecule has 7 fully saturated rings. The van der Waals surface area contributed by atoms with Crippen LogP contribution in [-0.4, -0.2) is 51.2 Å². The Hall–Kier alpha value is -0.160. The van der Waals surface area contributed by atoms with Crippen LogP contribution < -0.4 is 0 Å². The molecule has 198 valence electrons. The van der Waals surface area contributed by atoms with Crippen LogP contribution in [0.3, 0.4) is 0 Å². The quantitative estimate of drug-likeness (QED) is 0.521. The molecule has 0 aromatic heterocycles. The van der Waals surface area contributed by atoms with Gasteiger partial charge in [-0.25, -0.2) is 0 Å². The summed E-state index contributed by atoms with van der Waals surface area (Å²) in [5.74, 6) is 3.02. The van der Waals surface area contributed by atoms with Crippen LogP contribution in [0.5, 0.6) is 0 Å². The van der Waals surface area contributed by atoms with E-state index in [9.17, 15) is 10.2 Å².